The van der Waals surface area contributed by atoms with Gasteiger partial charge in [0.15, 0.2) is 6.10 Å². The molecule has 0 amide bonds. The zero-order valence-electron chi connectivity index (χ0n) is 41.9. The largest absolute Gasteiger partial charge is 0.477 e. The number of aliphatic carboxylic acids is 1. The summed E-state index contributed by atoms with van der Waals surface area (Å²) in [5.41, 5.74) is 0. The lowest BCUT2D eigenvalue weighted by atomic mass is 10.1. The number of ether oxygens (including phenoxy) is 4. The Kier molecular flexibility index (Phi) is 44.0. The van der Waals surface area contributed by atoms with Crippen molar-refractivity contribution < 1.29 is 42.9 Å². The lowest BCUT2D eigenvalue weighted by Gasteiger charge is -2.25. The number of likely N-dealkylation sites (N-methyl/N-ethyl adjacent to an activating group) is 1. The summed E-state index contributed by atoms with van der Waals surface area (Å²) in [6.45, 7) is 4.61. The van der Waals surface area contributed by atoms with Crippen LogP contribution in [0.25, 0.3) is 0 Å². The SMILES string of the molecule is CC/C=C\C/C=C\C/C=C\C/C=C\C/C=C\CC(=O)OC(COC(=O)CCCCCCCCCCCC/C=C\C/C=C\C/C=C\CCCCCCC)COC(OCC[N+](C)(C)C)C(=O)O. The van der Waals surface area contributed by atoms with Crippen molar-refractivity contribution in [3.8, 4) is 0 Å². The van der Waals surface area contributed by atoms with Crippen LogP contribution in [0.15, 0.2) is 97.2 Å². The maximum absolute atomic E-state index is 12.7. The molecule has 370 valence electrons. The third-order valence-corrected chi connectivity index (χ3v) is 10.4. The Balaban J connectivity index is 4.40. The van der Waals surface area contributed by atoms with E-state index in [4.69, 9.17) is 18.9 Å². The molecule has 9 heteroatoms. The van der Waals surface area contributed by atoms with Gasteiger partial charge in [0.1, 0.15) is 13.2 Å². The lowest BCUT2D eigenvalue weighted by Crippen LogP contribution is -2.40. The van der Waals surface area contributed by atoms with E-state index in [-0.39, 0.29) is 38.6 Å². The van der Waals surface area contributed by atoms with Gasteiger partial charge in [-0.25, -0.2) is 4.79 Å². The molecule has 0 radical (unpaired) electrons. The summed E-state index contributed by atoms with van der Waals surface area (Å²) in [6, 6.07) is 0. The molecular weight excluding hydrogens is 815 g/mol. The highest BCUT2D eigenvalue weighted by molar-refractivity contribution is 5.72. The standard InChI is InChI=1S/C56H93NO8/c1-6-8-10-12-14-16-18-20-22-23-24-25-26-27-28-29-30-31-33-34-36-38-40-42-44-46-53(58)63-50-52(51-64-56(55(60)61)62-49-48-57(3,4)5)65-54(59)47-45-43-41-39-37-35-32-21-19-17-15-13-11-9-7-2/h9,11,15,17-18,20-21,23-24,26-27,32,37,39,43,45,52,56H,6-8,10,12-14,16,19,22,25,28-31,33-36,38,40-42,44,46-51H2,1-5H3/p+1/b11-9-,17-15-,20-18-,24-23-,27-26-,32-21-,39-37-,45-43-. The smallest absolute Gasteiger partial charge is 0.361 e. The van der Waals surface area contributed by atoms with Crippen molar-refractivity contribution in [3.05, 3.63) is 97.2 Å². The van der Waals surface area contributed by atoms with E-state index in [9.17, 15) is 19.5 Å². The van der Waals surface area contributed by atoms with Crippen molar-refractivity contribution in [3.63, 3.8) is 0 Å². The minimum Gasteiger partial charge on any atom is -0.477 e. The summed E-state index contributed by atoms with van der Waals surface area (Å²) in [4.78, 5) is 37.2. The predicted octanol–water partition coefficient (Wildman–Crippen LogP) is 14.2. The average molecular weight is 909 g/mol. The molecule has 0 spiro atoms. The Labute approximate surface area is 397 Å². The van der Waals surface area contributed by atoms with Gasteiger partial charge in [0.25, 0.3) is 6.29 Å². The number of allylic oxidation sites excluding steroid dienone is 15. The molecule has 65 heavy (non-hydrogen) atoms. The number of quaternary nitrogens is 1. The molecular formula is C56H94NO8+. The van der Waals surface area contributed by atoms with Crippen molar-refractivity contribution in [1.82, 2.24) is 0 Å². The second-order valence-corrected chi connectivity index (χ2v) is 17.8. The average Bonchev–Trinajstić information content (AvgIpc) is 3.27. The molecule has 0 aliphatic carbocycles. The molecule has 0 aromatic rings. The van der Waals surface area contributed by atoms with E-state index in [2.05, 4.69) is 92.8 Å². The van der Waals surface area contributed by atoms with Crippen LogP contribution in [0.4, 0.5) is 0 Å². The van der Waals surface area contributed by atoms with E-state index < -0.39 is 24.3 Å². The number of unbranched alkanes of at least 4 members (excludes halogenated alkanes) is 15. The Bertz CT molecular complexity index is 1380. The first kappa shape index (κ1) is 61.2. The van der Waals surface area contributed by atoms with E-state index in [1.807, 2.05) is 33.3 Å². The molecule has 0 rings (SSSR count). The third kappa shape index (κ3) is 48.0. The van der Waals surface area contributed by atoms with Crippen LogP contribution < -0.4 is 0 Å². The molecule has 1 N–H and O–H groups in total. The molecule has 0 aromatic carbocycles. The minimum absolute atomic E-state index is 0.0220. The summed E-state index contributed by atoms with van der Waals surface area (Å²) in [5.74, 6) is -2.19. The Morgan fingerprint density at radius 2 is 0.923 bits per heavy atom. The normalized spacial score (nSPS) is 13.7. The Morgan fingerprint density at radius 1 is 0.492 bits per heavy atom. The first-order chi connectivity index (χ1) is 31.6. The van der Waals surface area contributed by atoms with Crippen LogP contribution in [0.1, 0.15) is 181 Å². The van der Waals surface area contributed by atoms with E-state index in [0.717, 1.165) is 70.6 Å². The molecule has 0 bridgehead atoms. The highest BCUT2D eigenvalue weighted by Crippen LogP contribution is 2.13. The Morgan fingerprint density at radius 3 is 1.38 bits per heavy atom. The van der Waals surface area contributed by atoms with E-state index in [1.165, 1.54) is 77.0 Å². The number of nitrogens with zero attached hydrogens (tertiary/aromatic N) is 1. The highest BCUT2D eigenvalue weighted by atomic mass is 16.7. The van der Waals surface area contributed by atoms with Gasteiger partial charge < -0.3 is 28.5 Å². The zero-order valence-corrected chi connectivity index (χ0v) is 41.9. The van der Waals surface area contributed by atoms with Gasteiger partial charge in [-0.15, -0.1) is 0 Å². The summed E-state index contributed by atoms with van der Waals surface area (Å²) >= 11 is 0. The van der Waals surface area contributed by atoms with Gasteiger partial charge in [0.05, 0.1) is 40.8 Å². The second-order valence-electron chi connectivity index (χ2n) is 17.8. The quantitative estimate of drug-likeness (QED) is 0.0212. The molecule has 2 unspecified atom stereocenters. The van der Waals surface area contributed by atoms with Crippen LogP contribution in [0.5, 0.6) is 0 Å². The number of carbonyl (C=O) groups excluding carboxylic acids is 2. The van der Waals surface area contributed by atoms with Crippen LogP contribution in [-0.4, -0.2) is 87.4 Å². The maximum atomic E-state index is 12.7. The summed E-state index contributed by atoms with van der Waals surface area (Å²) < 4.78 is 22.6. The fourth-order valence-electron chi connectivity index (χ4n) is 6.45. The van der Waals surface area contributed by atoms with Crippen LogP contribution in [-0.2, 0) is 33.3 Å². The fraction of sp³-hybridized carbons (Fsp3) is 0.661. The third-order valence-electron chi connectivity index (χ3n) is 10.4. The van der Waals surface area contributed by atoms with E-state index >= 15 is 0 Å². The molecule has 0 aliphatic rings. The fourth-order valence-corrected chi connectivity index (χ4v) is 6.45. The van der Waals surface area contributed by atoms with Crippen LogP contribution in [0.3, 0.4) is 0 Å². The van der Waals surface area contributed by atoms with Gasteiger partial charge in [-0.1, -0.05) is 188 Å². The Hall–Kier alpha value is -3.79. The van der Waals surface area contributed by atoms with Crippen molar-refractivity contribution in [2.45, 2.75) is 193 Å². The van der Waals surface area contributed by atoms with Crippen molar-refractivity contribution in [1.29, 1.82) is 0 Å². The summed E-state index contributed by atoms with van der Waals surface area (Å²) in [6.07, 6.45) is 59.4. The van der Waals surface area contributed by atoms with Crippen LogP contribution >= 0.6 is 0 Å². The molecule has 0 aliphatic heterocycles. The van der Waals surface area contributed by atoms with Gasteiger partial charge in [-0.3, -0.25) is 9.59 Å². The molecule has 0 aromatic heterocycles. The van der Waals surface area contributed by atoms with Gasteiger partial charge in [0.2, 0.25) is 0 Å². The number of hydrogen-bond donors (Lipinski definition) is 1. The number of carbonyl (C=O) groups is 3. The van der Waals surface area contributed by atoms with E-state index in [1.54, 1.807) is 6.08 Å². The van der Waals surface area contributed by atoms with Gasteiger partial charge in [0, 0.05) is 6.42 Å². The van der Waals surface area contributed by atoms with Crippen LogP contribution in [0.2, 0.25) is 0 Å². The zero-order chi connectivity index (χ0) is 47.7. The number of esters is 2. The number of carboxylic acids is 1. The monoisotopic (exact) mass is 909 g/mol. The summed E-state index contributed by atoms with van der Waals surface area (Å²) in [7, 11) is 5.92. The van der Waals surface area contributed by atoms with Crippen molar-refractivity contribution in [2.24, 2.45) is 0 Å². The first-order valence-corrected chi connectivity index (χ1v) is 25.4. The second kappa shape index (κ2) is 46.7. The number of carboxylic acid groups (broad SMARTS) is 1. The molecule has 0 saturated carbocycles. The number of hydrogen-bond acceptors (Lipinski definition) is 7. The minimum atomic E-state index is -1.54. The molecule has 0 fully saturated rings. The lowest BCUT2D eigenvalue weighted by molar-refractivity contribution is -0.870. The van der Waals surface area contributed by atoms with Gasteiger partial charge in [-0.2, -0.15) is 0 Å². The number of rotatable bonds is 45. The first-order valence-electron chi connectivity index (χ1n) is 25.4. The highest BCUT2D eigenvalue weighted by Gasteiger charge is 2.25. The van der Waals surface area contributed by atoms with Crippen molar-refractivity contribution >= 4 is 17.9 Å². The topological polar surface area (TPSA) is 108 Å². The molecule has 2 atom stereocenters. The van der Waals surface area contributed by atoms with Crippen LogP contribution in [0, 0.1) is 0 Å². The molecule has 0 saturated heterocycles. The van der Waals surface area contributed by atoms with Gasteiger partial charge in [-0.05, 0) is 77.0 Å². The van der Waals surface area contributed by atoms with Gasteiger partial charge >= 0.3 is 17.9 Å². The molecule has 0 heterocycles. The predicted molar refractivity (Wildman–Crippen MR) is 272 cm³/mol. The van der Waals surface area contributed by atoms with Crippen molar-refractivity contribution in [2.75, 3.05) is 47.5 Å². The van der Waals surface area contributed by atoms with E-state index in [0.29, 0.717) is 17.4 Å². The maximum Gasteiger partial charge on any atom is 0.361 e. The molecule has 9 nitrogen and oxygen atoms in total. The summed E-state index contributed by atoms with van der Waals surface area (Å²) in [5, 5.41) is 9.65.